The van der Waals surface area contributed by atoms with Gasteiger partial charge in [0.25, 0.3) is 0 Å². The van der Waals surface area contributed by atoms with Crippen LogP contribution in [0.1, 0.15) is 34.1 Å². The first-order valence-corrected chi connectivity index (χ1v) is 5.58. The molecule has 1 heterocycles. The van der Waals surface area contributed by atoms with Crippen LogP contribution in [0, 0.1) is 5.92 Å². The number of ether oxygens (including phenoxy) is 1. The summed E-state index contributed by atoms with van der Waals surface area (Å²) in [6.45, 7) is 9.91. The zero-order chi connectivity index (χ0) is 11.5. The molecule has 0 aromatic carbocycles. The Morgan fingerprint density at radius 2 is 2.20 bits per heavy atom. The Kier molecular flexibility index (Phi) is 3.97. The van der Waals surface area contributed by atoms with E-state index in [2.05, 4.69) is 38.0 Å². The van der Waals surface area contributed by atoms with Crippen molar-refractivity contribution in [2.75, 3.05) is 13.2 Å². The van der Waals surface area contributed by atoms with Gasteiger partial charge in [-0.1, -0.05) is 0 Å². The Morgan fingerprint density at radius 3 is 2.67 bits per heavy atom. The first-order valence-electron chi connectivity index (χ1n) is 5.58. The predicted octanol–water partition coefficient (Wildman–Crippen LogP) is 1.11. The fourth-order valence-corrected chi connectivity index (χ4v) is 1.66. The molecule has 3 N–H and O–H groups in total. The van der Waals surface area contributed by atoms with E-state index in [0.717, 1.165) is 19.6 Å². The second-order valence-electron chi connectivity index (χ2n) is 5.23. The van der Waals surface area contributed by atoms with Crippen LogP contribution in [0.2, 0.25) is 0 Å². The van der Waals surface area contributed by atoms with E-state index in [9.17, 15) is 0 Å². The molecule has 0 aromatic rings. The normalized spacial score (nSPS) is 28.1. The Hall–Kier alpha value is -0.770. The van der Waals surface area contributed by atoms with Gasteiger partial charge in [-0.25, -0.2) is 0 Å². The fourth-order valence-electron chi connectivity index (χ4n) is 1.66. The maximum absolute atomic E-state index is 5.78. The molecule has 1 rings (SSSR count). The minimum Gasteiger partial charge on any atom is -0.378 e. The number of aliphatic imine (C=N–C) groups is 1. The van der Waals surface area contributed by atoms with Crippen molar-refractivity contribution in [3.63, 3.8) is 0 Å². The maximum atomic E-state index is 5.78. The molecule has 1 aliphatic heterocycles. The Bertz CT molecular complexity index is 232. The number of nitrogens with zero attached hydrogens (tertiary/aromatic N) is 1. The van der Waals surface area contributed by atoms with E-state index in [1.54, 1.807) is 0 Å². The van der Waals surface area contributed by atoms with Crippen molar-refractivity contribution in [1.82, 2.24) is 5.32 Å². The minimum absolute atomic E-state index is 0.0224. The van der Waals surface area contributed by atoms with E-state index in [-0.39, 0.29) is 5.54 Å². The van der Waals surface area contributed by atoms with E-state index < -0.39 is 0 Å². The van der Waals surface area contributed by atoms with Crippen LogP contribution in [-0.2, 0) is 4.74 Å². The minimum atomic E-state index is -0.0224. The van der Waals surface area contributed by atoms with E-state index in [4.69, 9.17) is 10.5 Å². The summed E-state index contributed by atoms with van der Waals surface area (Å²) in [5.41, 5.74) is 5.76. The average molecular weight is 213 g/mol. The zero-order valence-corrected chi connectivity index (χ0v) is 10.2. The average Bonchev–Trinajstić information content (AvgIpc) is 2.44. The van der Waals surface area contributed by atoms with E-state index in [1.165, 1.54) is 0 Å². The first kappa shape index (κ1) is 12.3. The zero-order valence-electron chi connectivity index (χ0n) is 10.2. The van der Waals surface area contributed by atoms with Gasteiger partial charge >= 0.3 is 0 Å². The molecule has 88 valence electrons. The van der Waals surface area contributed by atoms with Crippen molar-refractivity contribution in [2.24, 2.45) is 16.6 Å². The van der Waals surface area contributed by atoms with Gasteiger partial charge in [-0.3, -0.25) is 4.99 Å². The number of hydrogen-bond donors (Lipinski definition) is 2. The predicted molar refractivity (Wildman–Crippen MR) is 62.9 cm³/mol. The largest absolute Gasteiger partial charge is 0.378 e. The highest BCUT2D eigenvalue weighted by molar-refractivity contribution is 5.78. The van der Waals surface area contributed by atoms with Gasteiger partial charge in [0.05, 0.1) is 6.10 Å². The van der Waals surface area contributed by atoms with Crippen LogP contribution < -0.4 is 11.1 Å². The highest BCUT2D eigenvalue weighted by atomic mass is 16.5. The smallest absolute Gasteiger partial charge is 0.188 e. The third kappa shape index (κ3) is 4.51. The SMILES string of the molecule is CC1OCCC1CN=C(N)NC(C)(C)C. The number of nitrogens with one attached hydrogen (secondary N) is 1. The van der Waals surface area contributed by atoms with Gasteiger partial charge in [0.15, 0.2) is 5.96 Å². The standard InChI is InChI=1S/C11H23N3O/c1-8-9(5-6-15-8)7-13-10(12)14-11(2,3)4/h8-9H,5-7H2,1-4H3,(H3,12,13,14). The number of guanidine groups is 1. The molecule has 0 bridgehead atoms. The summed E-state index contributed by atoms with van der Waals surface area (Å²) < 4.78 is 5.47. The van der Waals surface area contributed by atoms with Gasteiger partial charge in [-0.2, -0.15) is 0 Å². The van der Waals surface area contributed by atoms with Crippen LogP contribution >= 0.6 is 0 Å². The van der Waals surface area contributed by atoms with E-state index >= 15 is 0 Å². The maximum Gasteiger partial charge on any atom is 0.188 e. The second kappa shape index (κ2) is 4.84. The summed E-state index contributed by atoms with van der Waals surface area (Å²) in [4.78, 5) is 4.35. The van der Waals surface area contributed by atoms with Gasteiger partial charge in [-0.15, -0.1) is 0 Å². The summed E-state index contributed by atoms with van der Waals surface area (Å²) in [6.07, 6.45) is 1.41. The van der Waals surface area contributed by atoms with Gasteiger partial charge in [0, 0.05) is 24.6 Å². The Balaban J connectivity index is 2.36. The summed E-state index contributed by atoms with van der Waals surface area (Å²) in [5, 5.41) is 3.14. The molecule has 0 radical (unpaired) electrons. The van der Waals surface area contributed by atoms with Crippen molar-refractivity contribution in [1.29, 1.82) is 0 Å². The molecule has 2 unspecified atom stereocenters. The quantitative estimate of drug-likeness (QED) is 0.533. The molecule has 1 aliphatic rings. The van der Waals surface area contributed by atoms with Crippen LogP contribution in [0.3, 0.4) is 0 Å². The third-order valence-electron chi connectivity index (χ3n) is 2.53. The fraction of sp³-hybridized carbons (Fsp3) is 0.909. The lowest BCUT2D eigenvalue weighted by atomic mass is 10.0. The van der Waals surface area contributed by atoms with Crippen molar-refractivity contribution < 1.29 is 4.74 Å². The van der Waals surface area contributed by atoms with Crippen LogP contribution in [0.25, 0.3) is 0 Å². The highest BCUT2D eigenvalue weighted by Gasteiger charge is 2.23. The summed E-state index contributed by atoms with van der Waals surface area (Å²) >= 11 is 0. The first-order chi connectivity index (χ1) is 6.88. The molecule has 0 spiro atoms. The molecular formula is C11H23N3O. The van der Waals surface area contributed by atoms with Crippen LogP contribution in [0.5, 0.6) is 0 Å². The van der Waals surface area contributed by atoms with Crippen molar-refractivity contribution in [3.05, 3.63) is 0 Å². The molecule has 0 aliphatic carbocycles. The van der Waals surface area contributed by atoms with E-state index in [1.807, 2.05) is 0 Å². The third-order valence-corrected chi connectivity index (χ3v) is 2.53. The number of hydrogen-bond acceptors (Lipinski definition) is 2. The molecule has 15 heavy (non-hydrogen) atoms. The monoisotopic (exact) mass is 213 g/mol. The molecule has 1 fully saturated rings. The highest BCUT2D eigenvalue weighted by Crippen LogP contribution is 2.20. The molecule has 2 atom stereocenters. The summed E-state index contributed by atoms with van der Waals surface area (Å²) in [6, 6.07) is 0. The van der Waals surface area contributed by atoms with Gasteiger partial charge in [0.1, 0.15) is 0 Å². The lowest BCUT2D eigenvalue weighted by Gasteiger charge is -2.21. The molecular weight excluding hydrogens is 190 g/mol. The topological polar surface area (TPSA) is 59.6 Å². The lowest BCUT2D eigenvalue weighted by Crippen LogP contribution is -2.45. The molecule has 4 nitrogen and oxygen atoms in total. The molecule has 0 saturated carbocycles. The number of nitrogens with two attached hydrogens (primary N) is 1. The Morgan fingerprint density at radius 1 is 1.53 bits per heavy atom. The van der Waals surface area contributed by atoms with Crippen LogP contribution in [0.15, 0.2) is 4.99 Å². The molecule has 1 saturated heterocycles. The summed E-state index contributed by atoms with van der Waals surface area (Å²) in [5.74, 6) is 1.05. The lowest BCUT2D eigenvalue weighted by molar-refractivity contribution is 0.107. The molecule has 0 amide bonds. The summed E-state index contributed by atoms with van der Waals surface area (Å²) in [7, 11) is 0. The van der Waals surface area contributed by atoms with Crippen molar-refractivity contribution in [3.8, 4) is 0 Å². The van der Waals surface area contributed by atoms with Crippen molar-refractivity contribution in [2.45, 2.75) is 45.8 Å². The van der Waals surface area contributed by atoms with Gasteiger partial charge in [-0.05, 0) is 34.1 Å². The number of rotatable bonds is 2. The van der Waals surface area contributed by atoms with E-state index in [0.29, 0.717) is 18.0 Å². The van der Waals surface area contributed by atoms with Crippen LogP contribution in [-0.4, -0.2) is 30.8 Å². The second-order valence-corrected chi connectivity index (χ2v) is 5.23. The van der Waals surface area contributed by atoms with Gasteiger partial charge in [0.2, 0.25) is 0 Å². The molecule has 4 heteroatoms. The van der Waals surface area contributed by atoms with Crippen LogP contribution in [0.4, 0.5) is 0 Å². The van der Waals surface area contributed by atoms with Crippen molar-refractivity contribution >= 4 is 5.96 Å². The van der Waals surface area contributed by atoms with Gasteiger partial charge < -0.3 is 15.8 Å². The molecule has 0 aromatic heterocycles. The Labute approximate surface area is 92.3 Å².